The Hall–Kier alpha value is -2.28. The lowest BCUT2D eigenvalue weighted by Gasteiger charge is -2.34. The Morgan fingerprint density at radius 2 is 1.93 bits per heavy atom. The fourth-order valence-electron chi connectivity index (χ4n) is 3.57. The maximum Gasteiger partial charge on any atom is 0.308 e. The zero-order valence-electron chi connectivity index (χ0n) is 16.1. The van der Waals surface area contributed by atoms with Crippen molar-refractivity contribution < 1.29 is 23.8 Å². The molecule has 2 aliphatic rings. The zero-order valence-corrected chi connectivity index (χ0v) is 16.1. The topological polar surface area (TPSA) is 68.3 Å². The largest absolute Gasteiger partial charge is 0.486 e. The minimum atomic E-state index is -0.174. The molecule has 3 rings (SSSR count). The number of para-hydroxylation sites is 2. The minimum Gasteiger partial charge on any atom is -0.486 e. The predicted molar refractivity (Wildman–Crippen MR) is 99.8 cm³/mol. The van der Waals surface area contributed by atoms with Gasteiger partial charge in [-0.05, 0) is 31.5 Å². The number of likely N-dealkylation sites (N-methyl/N-ethyl adjacent to an activating group) is 1. The van der Waals surface area contributed by atoms with Crippen LogP contribution in [0.2, 0.25) is 0 Å². The van der Waals surface area contributed by atoms with E-state index in [1.54, 1.807) is 0 Å². The molecule has 2 aliphatic heterocycles. The van der Waals surface area contributed by atoms with Crippen molar-refractivity contribution in [2.75, 3.05) is 46.4 Å². The lowest BCUT2D eigenvalue weighted by molar-refractivity contribution is -0.149. The van der Waals surface area contributed by atoms with E-state index in [2.05, 4.69) is 4.90 Å². The van der Waals surface area contributed by atoms with Crippen molar-refractivity contribution in [2.24, 2.45) is 5.92 Å². The predicted octanol–water partition coefficient (Wildman–Crippen LogP) is 1.56. The summed E-state index contributed by atoms with van der Waals surface area (Å²) in [7, 11) is 1.41. The maximum atomic E-state index is 12.6. The molecule has 1 atom stereocenters. The molecule has 1 saturated heterocycles. The summed E-state index contributed by atoms with van der Waals surface area (Å²) in [6.45, 7) is 5.46. The van der Waals surface area contributed by atoms with Gasteiger partial charge in [-0.2, -0.15) is 0 Å². The highest BCUT2D eigenvalue weighted by Crippen LogP contribution is 2.31. The van der Waals surface area contributed by atoms with E-state index in [-0.39, 0.29) is 23.9 Å². The fourth-order valence-corrected chi connectivity index (χ4v) is 3.57. The SMILES string of the molecule is CCN(CC(=O)N1CCC(C(=O)OC)CC1)C[C@@H]1COc2ccccc2O1. The van der Waals surface area contributed by atoms with Gasteiger partial charge in [-0.15, -0.1) is 0 Å². The summed E-state index contributed by atoms with van der Waals surface area (Å²) >= 11 is 0. The number of carbonyl (C=O) groups excluding carboxylic acids is 2. The highest BCUT2D eigenvalue weighted by molar-refractivity contribution is 5.79. The Morgan fingerprint density at radius 3 is 2.59 bits per heavy atom. The number of benzene rings is 1. The Morgan fingerprint density at radius 1 is 1.22 bits per heavy atom. The molecule has 1 aromatic carbocycles. The van der Waals surface area contributed by atoms with E-state index >= 15 is 0 Å². The van der Waals surface area contributed by atoms with E-state index in [1.165, 1.54) is 7.11 Å². The van der Waals surface area contributed by atoms with Crippen LogP contribution in [-0.2, 0) is 14.3 Å². The number of hydrogen-bond acceptors (Lipinski definition) is 6. The Labute approximate surface area is 160 Å². The summed E-state index contributed by atoms with van der Waals surface area (Å²) in [6.07, 6.45) is 1.24. The monoisotopic (exact) mass is 376 g/mol. The van der Waals surface area contributed by atoms with Crippen molar-refractivity contribution in [2.45, 2.75) is 25.9 Å². The summed E-state index contributed by atoms with van der Waals surface area (Å²) in [5, 5.41) is 0. The first-order chi connectivity index (χ1) is 13.1. The molecule has 27 heavy (non-hydrogen) atoms. The van der Waals surface area contributed by atoms with Gasteiger partial charge in [0, 0.05) is 19.6 Å². The quantitative estimate of drug-likeness (QED) is 0.702. The van der Waals surface area contributed by atoms with Crippen LogP contribution in [0, 0.1) is 5.92 Å². The number of ether oxygens (including phenoxy) is 3. The van der Waals surface area contributed by atoms with E-state index in [4.69, 9.17) is 14.2 Å². The summed E-state index contributed by atoms with van der Waals surface area (Å²) in [5.74, 6) is 1.35. The van der Waals surface area contributed by atoms with E-state index in [1.807, 2.05) is 36.1 Å². The second-order valence-electron chi connectivity index (χ2n) is 7.00. The highest BCUT2D eigenvalue weighted by Gasteiger charge is 2.29. The third kappa shape index (κ3) is 4.91. The molecule has 0 N–H and O–H groups in total. The molecule has 0 unspecified atom stereocenters. The number of rotatable bonds is 6. The number of methoxy groups -OCH3 is 1. The van der Waals surface area contributed by atoms with Crippen LogP contribution in [0.5, 0.6) is 11.5 Å². The fraction of sp³-hybridized carbons (Fsp3) is 0.600. The van der Waals surface area contributed by atoms with Gasteiger partial charge in [0.1, 0.15) is 12.7 Å². The molecule has 0 spiro atoms. The lowest BCUT2D eigenvalue weighted by Crippen LogP contribution is -2.48. The van der Waals surface area contributed by atoms with Crippen molar-refractivity contribution in [1.29, 1.82) is 0 Å². The lowest BCUT2D eigenvalue weighted by atomic mass is 9.97. The number of piperidine rings is 1. The number of amides is 1. The van der Waals surface area contributed by atoms with Crippen molar-refractivity contribution in [3.05, 3.63) is 24.3 Å². The standard InChI is InChI=1S/C20H28N2O5/c1-3-21(12-16-14-26-17-6-4-5-7-18(17)27-16)13-19(23)22-10-8-15(9-11-22)20(24)25-2/h4-7,15-16H,3,8-14H2,1-2H3/t16-/m1/s1. The van der Waals surface area contributed by atoms with Crippen LogP contribution >= 0.6 is 0 Å². The molecule has 2 heterocycles. The van der Waals surface area contributed by atoms with Crippen LogP contribution in [-0.4, -0.2) is 74.2 Å². The molecule has 0 aliphatic carbocycles. The first kappa shape index (κ1) is 19.5. The Bertz CT molecular complexity index is 658. The van der Waals surface area contributed by atoms with E-state index in [9.17, 15) is 9.59 Å². The van der Waals surface area contributed by atoms with Gasteiger partial charge < -0.3 is 19.1 Å². The normalized spacial score (nSPS) is 19.8. The maximum absolute atomic E-state index is 12.6. The third-order valence-corrected chi connectivity index (χ3v) is 5.22. The Balaban J connectivity index is 1.48. The van der Waals surface area contributed by atoms with Crippen molar-refractivity contribution in [1.82, 2.24) is 9.80 Å². The average Bonchev–Trinajstić information content (AvgIpc) is 2.72. The van der Waals surface area contributed by atoms with Gasteiger partial charge in [0.25, 0.3) is 0 Å². The molecule has 0 aromatic heterocycles. The zero-order chi connectivity index (χ0) is 19.2. The molecule has 1 fully saturated rings. The van der Waals surface area contributed by atoms with Gasteiger partial charge in [-0.3, -0.25) is 14.5 Å². The third-order valence-electron chi connectivity index (χ3n) is 5.22. The van der Waals surface area contributed by atoms with Crippen LogP contribution < -0.4 is 9.47 Å². The highest BCUT2D eigenvalue weighted by atomic mass is 16.6. The van der Waals surface area contributed by atoms with Gasteiger partial charge in [0.2, 0.25) is 5.91 Å². The second-order valence-corrected chi connectivity index (χ2v) is 7.00. The number of carbonyl (C=O) groups is 2. The van der Waals surface area contributed by atoms with Gasteiger partial charge in [-0.25, -0.2) is 0 Å². The molecule has 0 radical (unpaired) electrons. The average molecular weight is 376 g/mol. The van der Waals surface area contributed by atoms with Crippen molar-refractivity contribution in [3.63, 3.8) is 0 Å². The molecule has 7 nitrogen and oxygen atoms in total. The van der Waals surface area contributed by atoms with Crippen molar-refractivity contribution >= 4 is 11.9 Å². The first-order valence-corrected chi connectivity index (χ1v) is 9.57. The first-order valence-electron chi connectivity index (χ1n) is 9.57. The number of hydrogen-bond donors (Lipinski definition) is 0. The van der Waals surface area contributed by atoms with Gasteiger partial charge in [-0.1, -0.05) is 19.1 Å². The summed E-state index contributed by atoms with van der Waals surface area (Å²) in [4.78, 5) is 28.2. The molecule has 0 saturated carbocycles. The van der Waals surface area contributed by atoms with Crippen LogP contribution in [0.1, 0.15) is 19.8 Å². The molecular formula is C20H28N2O5. The van der Waals surface area contributed by atoms with Crippen LogP contribution in [0.15, 0.2) is 24.3 Å². The summed E-state index contributed by atoms with van der Waals surface area (Å²) in [6, 6.07) is 7.63. The van der Waals surface area contributed by atoms with Gasteiger partial charge in [0.05, 0.1) is 19.6 Å². The number of nitrogens with zero attached hydrogens (tertiary/aromatic N) is 2. The Kier molecular flexibility index (Phi) is 6.55. The summed E-state index contributed by atoms with van der Waals surface area (Å²) < 4.78 is 16.6. The molecule has 7 heteroatoms. The van der Waals surface area contributed by atoms with Gasteiger partial charge >= 0.3 is 5.97 Å². The number of esters is 1. The number of likely N-dealkylation sites (tertiary alicyclic amines) is 1. The van der Waals surface area contributed by atoms with Crippen LogP contribution in [0.3, 0.4) is 0 Å². The number of fused-ring (bicyclic) bond motifs is 1. The van der Waals surface area contributed by atoms with E-state index < -0.39 is 0 Å². The van der Waals surface area contributed by atoms with Crippen LogP contribution in [0.4, 0.5) is 0 Å². The van der Waals surface area contributed by atoms with Crippen molar-refractivity contribution in [3.8, 4) is 11.5 Å². The smallest absolute Gasteiger partial charge is 0.308 e. The minimum absolute atomic E-state index is 0.0887. The molecular weight excluding hydrogens is 348 g/mol. The summed E-state index contributed by atoms with van der Waals surface area (Å²) in [5.41, 5.74) is 0. The van der Waals surface area contributed by atoms with Crippen LogP contribution in [0.25, 0.3) is 0 Å². The molecule has 1 amide bonds. The molecule has 0 bridgehead atoms. The van der Waals surface area contributed by atoms with Gasteiger partial charge in [0.15, 0.2) is 11.5 Å². The molecule has 148 valence electrons. The second kappa shape index (κ2) is 9.08. The van der Waals surface area contributed by atoms with E-state index in [0.717, 1.165) is 18.0 Å². The molecule has 1 aromatic rings. The van der Waals surface area contributed by atoms with E-state index in [0.29, 0.717) is 45.6 Å².